The smallest absolute Gasteiger partial charge is 0.305 e. The molecular weight excluding hydrogens is 414 g/mol. The molecule has 0 saturated heterocycles. The maximum atomic E-state index is 12.7. The largest absolute Gasteiger partial charge is 0.481 e. The highest BCUT2D eigenvalue weighted by Gasteiger charge is 2.28. The van der Waals surface area contributed by atoms with Crippen LogP contribution in [0.25, 0.3) is 10.8 Å². The van der Waals surface area contributed by atoms with Crippen molar-refractivity contribution in [2.24, 2.45) is 5.92 Å². The van der Waals surface area contributed by atoms with Crippen molar-refractivity contribution in [2.45, 2.75) is 45.3 Å². The Bertz CT molecular complexity index is 1020. The van der Waals surface area contributed by atoms with Crippen LogP contribution in [0.5, 0.6) is 0 Å². The molecule has 0 aliphatic heterocycles. The Morgan fingerprint density at radius 1 is 0.906 bits per heavy atom. The van der Waals surface area contributed by atoms with Crippen molar-refractivity contribution in [3.8, 4) is 0 Å². The number of benzene rings is 2. The molecule has 2 rings (SSSR count). The van der Waals surface area contributed by atoms with Crippen LogP contribution < -0.4 is 16.0 Å². The molecule has 0 aliphatic carbocycles. The number of aliphatic carboxylic acids is 1. The zero-order valence-corrected chi connectivity index (χ0v) is 18.1. The van der Waals surface area contributed by atoms with E-state index in [1.54, 1.807) is 26.0 Å². The first-order chi connectivity index (χ1) is 15.1. The summed E-state index contributed by atoms with van der Waals surface area (Å²) in [5, 5.41) is 18.1. The number of rotatable bonds is 10. The third-order valence-electron chi connectivity index (χ3n) is 4.89. The molecule has 0 radical (unpaired) electrons. The molecule has 2 aromatic carbocycles. The first-order valence-corrected chi connectivity index (χ1v) is 10.2. The standard InChI is InChI=1S/C23H27N3O6/c1-13(2)20(23(32)24-14(3)21(30)25-18(12-27)11-19(28)29)26-22(31)17-9-8-15-6-4-5-7-16(15)10-17/h4-10,12-14,18,20H,11H2,1-3H3,(H,24,32)(H,25,30)(H,26,31)(H,28,29)/t14-,18-,20-/m0/s1. The van der Waals surface area contributed by atoms with Crippen LogP contribution in [0.2, 0.25) is 0 Å². The van der Waals surface area contributed by atoms with Gasteiger partial charge in [0.2, 0.25) is 11.8 Å². The van der Waals surface area contributed by atoms with Gasteiger partial charge in [-0.2, -0.15) is 0 Å². The number of amides is 3. The van der Waals surface area contributed by atoms with Crippen LogP contribution in [0.3, 0.4) is 0 Å². The fraction of sp³-hybridized carbons (Fsp3) is 0.348. The van der Waals surface area contributed by atoms with Gasteiger partial charge in [-0.3, -0.25) is 19.2 Å². The Morgan fingerprint density at radius 3 is 2.16 bits per heavy atom. The molecule has 0 unspecified atom stereocenters. The van der Waals surface area contributed by atoms with Gasteiger partial charge >= 0.3 is 5.97 Å². The molecule has 32 heavy (non-hydrogen) atoms. The number of aldehydes is 1. The number of carboxylic acid groups (broad SMARTS) is 1. The van der Waals surface area contributed by atoms with Gasteiger partial charge in [0.15, 0.2) is 0 Å². The molecule has 9 heteroatoms. The van der Waals surface area contributed by atoms with Gasteiger partial charge in [-0.05, 0) is 35.7 Å². The van der Waals surface area contributed by atoms with E-state index in [4.69, 9.17) is 5.11 Å². The summed E-state index contributed by atoms with van der Waals surface area (Å²) < 4.78 is 0. The highest BCUT2D eigenvalue weighted by atomic mass is 16.4. The molecule has 9 nitrogen and oxygen atoms in total. The zero-order valence-electron chi connectivity index (χ0n) is 18.1. The van der Waals surface area contributed by atoms with E-state index in [1.807, 2.05) is 30.3 Å². The third-order valence-corrected chi connectivity index (χ3v) is 4.89. The van der Waals surface area contributed by atoms with Crippen LogP contribution in [-0.4, -0.2) is 53.2 Å². The average molecular weight is 441 g/mol. The van der Waals surface area contributed by atoms with Gasteiger partial charge in [-0.1, -0.05) is 44.2 Å². The highest BCUT2D eigenvalue weighted by Crippen LogP contribution is 2.16. The first kappa shape index (κ1) is 24.5. The third kappa shape index (κ3) is 6.63. The molecule has 0 aliphatic rings. The highest BCUT2D eigenvalue weighted by molar-refractivity contribution is 6.01. The van der Waals surface area contributed by atoms with Crippen molar-refractivity contribution >= 4 is 40.7 Å². The molecule has 0 spiro atoms. The summed E-state index contributed by atoms with van der Waals surface area (Å²) in [6.07, 6.45) is -0.242. The summed E-state index contributed by atoms with van der Waals surface area (Å²) in [6.45, 7) is 4.91. The monoisotopic (exact) mass is 441 g/mol. The molecule has 0 heterocycles. The lowest BCUT2D eigenvalue weighted by Crippen LogP contribution is -2.55. The van der Waals surface area contributed by atoms with Crippen LogP contribution in [-0.2, 0) is 19.2 Å². The summed E-state index contributed by atoms with van der Waals surface area (Å²) >= 11 is 0. The number of carboxylic acids is 1. The molecule has 3 amide bonds. The van der Waals surface area contributed by atoms with Crippen molar-refractivity contribution in [2.75, 3.05) is 0 Å². The van der Waals surface area contributed by atoms with E-state index in [0.717, 1.165) is 10.8 Å². The first-order valence-electron chi connectivity index (χ1n) is 10.2. The minimum absolute atomic E-state index is 0.274. The van der Waals surface area contributed by atoms with E-state index in [9.17, 15) is 24.0 Å². The Labute approximate surface area is 185 Å². The van der Waals surface area contributed by atoms with Gasteiger partial charge < -0.3 is 25.9 Å². The van der Waals surface area contributed by atoms with Crippen molar-refractivity contribution in [1.29, 1.82) is 0 Å². The van der Waals surface area contributed by atoms with E-state index >= 15 is 0 Å². The molecule has 0 aromatic heterocycles. The summed E-state index contributed by atoms with van der Waals surface area (Å²) in [5.41, 5.74) is 0.399. The molecular formula is C23H27N3O6. The minimum Gasteiger partial charge on any atom is -0.481 e. The zero-order chi connectivity index (χ0) is 23.8. The van der Waals surface area contributed by atoms with E-state index in [0.29, 0.717) is 11.8 Å². The number of carbonyl (C=O) groups excluding carboxylic acids is 4. The molecule has 2 aromatic rings. The predicted octanol–water partition coefficient (Wildman–Crippen LogP) is 1.26. The Morgan fingerprint density at radius 2 is 1.56 bits per heavy atom. The van der Waals surface area contributed by atoms with Gasteiger partial charge in [-0.25, -0.2) is 0 Å². The normalized spacial score (nSPS) is 13.6. The Kier molecular flexibility index (Phi) is 8.46. The lowest BCUT2D eigenvalue weighted by molar-refractivity contribution is -0.139. The van der Waals surface area contributed by atoms with Crippen molar-refractivity contribution < 1.29 is 29.1 Å². The van der Waals surface area contributed by atoms with Gasteiger partial charge in [0, 0.05) is 5.56 Å². The van der Waals surface area contributed by atoms with E-state index < -0.39 is 48.2 Å². The molecule has 4 N–H and O–H groups in total. The minimum atomic E-state index is -1.24. The quantitative estimate of drug-likeness (QED) is 0.409. The average Bonchev–Trinajstić information content (AvgIpc) is 2.75. The summed E-state index contributed by atoms with van der Waals surface area (Å²) in [5.74, 6) is -3.22. The Balaban J connectivity index is 2.04. The van der Waals surface area contributed by atoms with Crippen LogP contribution in [0.1, 0.15) is 37.6 Å². The topological polar surface area (TPSA) is 142 Å². The number of nitrogens with one attached hydrogen (secondary N) is 3. The fourth-order valence-electron chi connectivity index (χ4n) is 3.09. The van der Waals surface area contributed by atoms with Crippen molar-refractivity contribution in [3.05, 3.63) is 48.0 Å². The maximum Gasteiger partial charge on any atom is 0.305 e. The SMILES string of the molecule is CC(C)[C@H](NC(=O)c1ccc2ccccc2c1)C(=O)N[C@@H](C)C(=O)N[C@H](C=O)CC(=O)O. The lowest BCUT2D eigenvalue weighted by Gasteiger charge is -2.24. The number of hydrogen-bond donors (Lipinski definition) is 4. The number of carbonyl (C=O) groups is 5. The summed E-state index contributed by atoms with van der Waals surface area (Å²) in [4.78, 5) is 59.4. The van der Waals surface area contributed by atoms with Crippen LogP contribution in [0.4, 0.5) is 0 Å². The van der Waals surface area contributed by atoms with Gasteiger partial charge in [0.05, 0.1) is 12.5 Å². The van der Waals surface area contributed by atoms with Crippen molar-refractivity contribution in [3.63, 3.8) is 0 Å². The van der Waals surface area contributed by atoms with Gasteiger partial charge in [-0.15, -0.1) is 0 Å². The van der Waals surface area contributed by atoms with Crippen molar-refractivity contribution in [1.82, 2.24) is 16.0 Å². The summed E-state index contributed by atoms with van der Waals surface area (Å²) in [7, 11) is 0. The lowest BCUT2D eigenvalue weighted by atomic mass is 10.0. The molecule has 0 fully saturated rings. The van der Waals surface area contributed by atoms with E-state index in [1.165, 1.54) is 6.92 Å². The van der Waals surface area contributed by atoms with Gasteiger partial charge in [0.1, 0.15) is 18.4 Å². The predicted molar refractivity (Wildman–Crippen MR) is 118 cm³/mol. The maximum absolute atomic E-state index is 12.7. The van der Waals surface area contributed by atoms with Crippen LogP contribution in [0.15, 0.2) is 42.5 Å². The second-order valence-corrected chi connectivity index (χ2v) is 7.84. The molecule has 0 saturated carbocycles. The van der Waals surface area contributed by atoms with Gasteiger partial charge in [0.25, 0.3) is 5.91 Å². The van der Waals surface area contributed by atoms with E-state index in [-0.39, 0.29) is 5.92 Å². The number of hydrogen-bond acceptors (Lipinski definition) is 5. The second kappa shape index (κ2) is 11.0. The number of fused-ring (bicyclic) bond motifs is 1. The molecule has 3 atom stereocenters. The van der Waals surface area contributed by atoms with Crippen LogP contribution >= 0.6 is 0 Å². The molecule has 0 bridgehead atoms. The van der Waals surface area contributed by atoms with Crippen LogP contribution in [0, 0.1) is 5.92 Å². The fourth-order valence-corrected chi connectivity index (χ4v) is 3.09. The summed E-state index contributed by atoms with van der Waals surface area (Å²) in [6, 6.07) is 9.65. The second-order valence-electron chi connectivity index (χ2n) is 7.84. The Hall–Kier alpha value is -3.75. The van der Waals surface area contributed by atoms with E-state index in [2.05, 4.69) is 16.0 Å². The molecule has 170 valence electrons.